The zero-order chi connectivity index (χ0) is 17.0. The van der Waals surface area contributed by atoms with Crippen molar-refractivity contribution >= 4 is 16.0 Å². The third-order valence-electron chi connectivity index (χ3n) is 4.32. The van der Waals surface area contributed by atoms with Crippen LogP contribution in [0, 0.1) is 13.8 Å². The highest BCUT2D eigenvalue weighted by molar-refractivity contribution is 7.89. The lowest BCUT2D eigenvalue weighted by Gasteiger charge is -2.26. The van der Waals surface area contributed by atoms with Crippen molar-refractivity contribution in [3.8, 4) is 0 Å². The minimum Gasteiger partial charge on any atom is -0.478 e. The second-order valence-electron chi connectivity index (χ2n) is 6.02. The van der Waals surface area contributed by atoms with E-state index in [0.29, 0.717) is 24.2 Å². The van der Waals surface area contributed by atoms with Gasteiger partial charge >= 0.3 is 5.97 Å². The molecule has 0 spiro atoms. The second-order valence-corrected chi connectivity index (χ2v) is 7.76. The largest absolute Gasteiger partial charge is 0.478 e. The molecule has 1 aliphatic heterocycles. The maximum absolute atomic E-state index is 12.5. The number of rotatable bonds is 6. The fourth-order valence-corrected chi connectivity index (χ4v) is 4.19. The zero-order valence-corrected chi connectivity index (χ0v) is 14.4. The topological polar surface area (TPSA) is 86.7 Å². The molecule has 23 heavy (non-hydrogen) atoms. The third kappa shape index (κ3) is 4.53. The maximum atomic E-state index is 12.5. The van der Waals surface area contributed by atoms with Crippen molar-refractivity contribution in [3.05, 3.63) is 28.8 Å². The van der Waals surface area contributed by atoms with E-state index >= 15 is 0 Å². The first kappa shape index (κ1) is 17.9. The van der Waals surface area contributed by atoms with Gasteiger partial charge in [-0.1, -0.05) is 6.42 Å². The minimum absolute atomic E-state index is 0.00972. The van der Waals surface area contributed by atoms with Gasteiger partial charge < -0.3 is 10.0 Å². The van der Waals surface area contributed by atoms with Crippen molar-refractivity contribution in [2.24, 2.45) is 0 Å². The molecule has 0 amide bonds. The van der Waals surface area contributed by atoms with E-state index in [-0.39, 0.29) is 10.5 Å². The van der Waals surface area contributed by atoms with Gasteiger partial charge in [0, 0.05) is 13.1 Å². The molecule has 1 saturated heterocycles. The summed E-state index contributed by atoms with van der Waals surface area (Å²) in [6, 6.07) is 2.72. The van der Waals surface area contributed by atoms with Gasteiger partial charge in [0.1, 0.15) is 0 Å². The predicted octanol–water partition coefficient (Wildman–Crippen LogP) is 1.77. The first-order valence-electron chi connectivity index (χ1n) is 7.88. The van der Waals surface area contributed by atoms with Crippen molar-refractivity contribution in [2.45, 2.75) is 38.0 Å². The van der Waals surface area contributed by atoms with E-state index in [9.17, 15) is 13.2 Å². The quantitative estimate of drug-likeness (QED) is 0.824. The van der Waals surface area contributed by atoms with Crippen LogP contribution in [0.2, 0.25) is 0 Å². The van der Waals surface area contributed by atoms with Crippen LogP contribution in [-0.2, 0) is 10.0 Å². The average molecular weight is 340 g/mol. The van der Waals surface area contributed by atoms with Crippen LogP contribution in [-0.4, -0.2) is 50.6 Å². The third-order valence-corrected chi connectivity index (χ3v) is 5.91. The van der Waals surface area contributed by atoms with E-state index < -0.39 is 16.0 Å². The fraction of sp³-hybridized carbons (Fsp3) is 0.562. The van der Waals surface area contributed by atoms with Crippen LogP contribution in [0.3, 0.4) is 0 Å². The lowest BCUT2D eigenvalue weighted by atomic mass is 10.1. The van der Waals surface area contributed by atoms with Crippen LogP contribution in [0.5, 0.6) is 0 Å². The predicted molar refractivity (Wildman–Crippen MR) is 88.4 cm³/mol. The van der Waals surface area contributed by atoms with Gasteiger partial charge in [0.05, 0.1) is 10.5 Å². The van der Waals surface area contributed by atoms with Gasteiger partial charge in [-0.15, -0.1) is 0 Å². The normalized spacial score (nSPS) is 16.4. The number of carboxylic acids is 1. The summed E-state index contributed by atoms with van der Waals surface area (Å²) in [5, 5.41) is 9.11. The highest BCUT2D eigenvalue weighted by Gasteiger charge is 2.21. The molecule has 0 bridgehead atoms. The van der Waals surface area contributed by atoms with Gasteiger partial charge in [0.25, 0.3) is 0 Å². The number of hydrogen-bond acceptors (Lipinski definition) is 4. The smallest absolute Gasteiger partial charge is 0.335 e. The van der Waals surface area contributed by atoms with E-state index in [1.807, 2.05) is 0 Å². The Hall–Kier alpha value is -1.44. The monoisotopic (exact) mass is 340 g/mol. The molecule has 0 radical (unpaired) electrons. The van der Waals surface area contributed by atoms with Gasteiger partial charge in [-0.25, -0.2) is 17.9 Å². The van der Waals surface area contributed by atoms with Crippen LogP contribution in [0.4, 0.5) is 0 Å². The van der Waals surface area contributed by atoms with E-state index in [1.165, 1.54) is 18.6 Å². The Morgan fingerprint density at radius 1 is 1.22 bits per heavy atom. The Bertz CT molecular complexity index is 680. The number of likely N-dealkylation sites (tertiary alicyclic amines) is 1. The number of benzene rings is 1. The molecule has 0 atom stereocenters. The number of aromatic carboxylic acids is 1. The van der Waals surface area contributed by atoms with Crippen molar-refractivity contribution in [1.29, 1.82) is 0 Å². The van der Waals surface area contributed by atoms with Crippen molar-refractivity contribution in [3.63, 3.8) is 0 Å². The fourth-order valence-electron chi connectivity index (χ4n) is 2.83. The van der Waals surface area contributed by atoms with E-state index in [1.54, 1.807) is 13.8 Å². The highest BCUT2D eigenvalue weighted by atomic mass is 32.2. The Kier molecular flexibility index (Phi) is 5.78. The molecular formula is C16H24N2O4S. The molecule has 128 valence electrons. The summed E-state index contributed by atoms with van der Waals surface area (Å²) in [6.45, 7) is 6.44. The molecule has 2 rings (SSSR count). The Morgan fingerprint density at radius 2 is 1.87 bits per heavy atom. The number of carbonyl (C=O) groups is 1. The van der Waals surface area contributed by atoms with Gasteiger partial charge in [-0.05, 0) is 63.0 Å². The van der Waals surface area contributed by atoms with Gasteiger partial charge in [0.15, 0.2) is 0 Å². The number of hydrogen-bond donors (Lipinski definition) is 2. The Balaban J connectivity index is 2.10. The molecule has 0 saturated carbocycles. The summed E-state index contributed by atoms with van der Waals surface area (Å²) < 4.78 is 27.6. The average Bonchev–Trinajstić information content (AvgIpc) is 2.50. The molecule has 0 aliphatic carbocycles. The summed E-state index contributed by atoms with van der Waals surface area (Å²) in [6.07, 6.45) is 3.56. The van der Waals surface area contributed by atoms with Crippen LogP contribution in [0.25, 0.3) is 0 Å². The molecule has 1 heterocycles. The SMILES string of the molecule is Cc1cc(C(=O)O)cc(S(=O)(=O)NCCN2CCCCC2)c1C. The molecular weight excluding hydrogens is 316 g/mol. The summed E-state index contributed by atoms with van der Waals surface area (Å²) in [5.41, 5.74) is 1.23. The number of nitrogens with one attached hydrogen (secondary N) is 1. The molecule has 0 unspecified atom stereocenters. The minimum atomic E-state index is -3.71. The Morgan fingerprint density at radius 3 is 2.48 bits per heavy atom. The molecule has 1 aliphatic rings. The molecule has 6 nitrogen and oxygen atoms in total. The maximum Gasteiger partial charge on any atom is 0.335 e. The van der Waals surface area contributed by atoms with Crippen LogP contribution >= 0.6 is 0 Å². The summed E-state index contributed by atoms with van der Waals surface area (Å²) in [7, 11) is -3.71. The highest BCUT2D eigenvalue weighted by Crippen LogP contribution is 2.21. The standard InChI is InChI=1S/C16H24N2O4S/c1-12-10-14(16(19)20)11-15(13(12)2)23(21,22)17-6-9-18-7-4-3-5-8-18/h10-11,17H,3-9H2,1-2H3,(H,19,20). The van der Waals surface area contributed by atoms with E-state index in [2.05, 4.69) is 9.62 Å². The summed E-state index contributed by atoms with van der Waals surface area (Å²) >= 11 is 0. The van der Waals surface area contributed by atoms with Crippen LogP contribution < -0.4 is 4.72 Å². The molecule has 1 fully saturated rings. The summed E-state index contributed by atoms with van der Waals surface area (Å²) in [4.78, 5) is 13.4. The molecule has 2 N–H and O–H groups in total. The molecule has 1 aromatic carbocycles. The zero-order valence-electron chi connectivity index (χ0n) is 13.6. The van der Waals surface area contributed by atoms with Gasteiger partial charge in [-0.3, -0.25) is 0 Å². The molecule has 0 aromatic heterocycles. The second kappa shape index (κ2) is 7.42. The Labute approximate surface area is 137 Å². The lowest BCUT2D eigenvalue weighted by Crippen LogP contribution is -2.37. The number of nitrogens with zero attached hydrogens (tertiary/aromatic N) is 1. The molecule has 7 heteroatoms. The number of carboxylic acid groups (broad SMARTS) is 1. The molecule has 1 aromatic rings. The summed E-state index contributed by atoms with van der Waals surface area (Å²) in [5.74, 6) is -1.13. The van der Waals surface area contributed by atoms with E-state index in [4.69, 9.17) is 5.11 Å². The van der Waals surface area contributed by atoms with Crippen molar-refractivity contribution < 1.29 is 18.3 Å². The first-order valence-corrected chi connectivity index (χ1v) is 9.36. The van der Waals surface area contributed by atoms with Crippen molar-refractivity contribution in [2.75, 3.05) is 26.2 Å². The van der Waals surface area contributed by atoms with Crippen LogP contribution in [0.1, 0.15) is 40.7 Å². The van der Waals surface area contributed by atoms with Gasteiger partial charge in [-0.2, -0.15) is 0 Å². The van der Waals surface area contributed by atoms with Crippen molar-refractivity contribution in [1.82, 2.24) is 9.62 Å². The first-order chi connectivity index (χ1) is 10.8. The van der Waals surface area contributed by atoms with Crippen LogP contribution in [0.15, 0.2) is 17.0 Å². The number of sulfonamides is 1. The number of aryl methyl sites for hydroxylation is 1. The van der Waals surface area contributed by atoms with E-state index in [0.717, 1.165) is 25.9 Å². The van der Waals surface area contributed by atoms with Gasteiger partial charge in [0.2, 0.25) is 10.0 Å². The number of piperidine rings is 1. The lowest BCUT2D eigenvalue weighted by molar-refractivity contribution is 0.0696.